The van der Waals surface area contributed by atoms with Gasteiger partial charge in [-0.3, -0.25) is 9.48 Å². The number of para-hydroxylation sites is 2. The molecule has 4 aromatic rings. The van der Waals surface area contributed by atoms with Crippen molar-refractivity contribution in [3.63, 3.8) is 0 Å². The molecule has 0 radical (unpaired) electrons. The molecule has 0 unspecified atom stereocenters. The van der Waals surface area contributed by atoms with Crippen molar-refractivity contribution in [2.75, 3.05) is 5.32 Å². The first-order valence-corrected chi connectivity index (χ1v) is 9.08. The van der Waals surface area contributed by atoms with Crippen molar-refractivity contribution in [3.05, 3.63) is 77.6 Å². The van der Waals surface area contributed by atoms with E-state index in [1.807, 2.05) is 68.6 Å². The van der Waals surface area contributed by atoms with Crippen LogP contribution in [0, 0.1) is 6.92 Å². The molecule has 1 amide bonds. The second-order valence-corrected chi connectivity index (χ2v) is 6.90. The predicted octanol–water partition coefficient (Wildman–Crippen LogP) is 4.15. The zero-order valence-corrected chi connectivity index (χ0v) is 15.5. The van der Waals surface area contributed by atoms with E-state index in [0.29, 0.717) is 17.2 Å². The van der Waals surface area contributed by atoms with Crippen molar-refractivity contribution >= 4 is 22.6 Å². The first-order valence-electron chi connectivity index (χ1n) is 9.08. The van der Waals surface area contributed by atoms with Gasteiger partial charge in [0.2, 0.25) is 5.91 Å². The molecule has 1 aliphatic heterocycles. The third-order valence-corrected chi connectivity index (χ3v) is 5.07. The zero-order chi connectivity index (χ0) is 19.3. The summed E-state index contributed by atoms with van der Waals surface area (Å²) in [5.41, 5.74) is 4.02. The molecule has 6 nitrogen and oxygen atoms in total. The van der Waals surface area contributed by atoms with E-state index in [2.05, 4.69) is 15.4 Å². The molecule has 0 aliphatic carbocycles. The SMILES string of the molecule is Cc1nn(C)c2ncc(NC(=O)C3c4ccccc4Oc4ccccc43)cc12. The highest BCUT2D eigenvalue weighted by Crippen LogP contribution is 2.44. The zero-order valence-electron chi connectivity index (χ0n) is 15.5. The molecule has 1 N–H and O–H groups in total. The molecule has 0 bridgehead atoms. The maximum atomic E-state index is 13.3. The van der Waals surface area contributed by atoms with Gasteiger partial charge in [-0.1, -0.05) is 36.4 Å². The van der Waals surface area contributed by atoms with Gasteiger partial charge in [0.05, 0.1) is 23.5 Å². The Morgan fingerprint density at radius 2 is 1.71 bits per heavy atom. The molecular weight excluding hydrogens is 352 g/mol. The number of aryl methyl sites for hydroxylation is 2. The van der Waals surface area contributed by atoms with Crippen molar-refractivity contribution in [1.29, 1.82) is 0 Å². The number of hydrogen-bond acceptors (Lipinski definition) is 4. The molecule has 0 spiro atoms. The Balaban J connectivity index is 1.55. The number of carbonyl (C=O) groups excluding carboxylic acids is 1. The average Bonchev–Trinajstić information content (AvgIpc) is 2.99. The number of anilines is 1. The number of ether oxygens (including phenoxy) is 1. The van der Waals surface area contributed by atoms with Crippen molar-refractivity contribution in [2.24, 2.45) is 7.05 Å². The number of nitrogens with one attached hydrogen (secondary N) is 1. The van der Waals surface area contributed by atoms with Gasteiger partial charge in [-0.15, -0.1) is 0 Å². The summed E-state index contributed by atoms with van der Waals surface area (Å²) < 4.78 is 7.72. The summed E-state index contributed by atoms with van der Waals surface area (Å²) in [6.07, 6.45) is 1.67. The highest BCUT2D eigenvalue weighted by molar-refractivity contribution is 6.00. The lowest BCUT2D eigenvalue weighted by molar-refractivity contribution is -0.116. The number of nitrogens with zero attached hydrogens (tertiary/aromatic N) is 3. The molecule has 2 aromatic heterocycles. The highest BCUT2D eigenvalue weighted by atomic mass is 16.5. The fourth-order valence-electron chi connectivity index (χ4n) is 3.78. The Bertz CT molecular complexity index is 1180. The predicted molar refractivity (Wildman–Crippen MR) is 107 cm³/mol. The van der Waals surface area contributed by atoms with Crippen LogP contribution < -0.4 is 10.1 Å². The van der Waals surface area contributed by atoms with Crippen LogP contribution in [-0.2, 0) is 11.8 Å². The Morgan fingerprint density at radius 1 is 1.07 bits per heavy atom. The van der Waals surface area contributed by atoms with Gasteiger partial charge >= 0.3 is 0 Å². The number of carbonyl (C=O) groups is 1. The number of fused-ring (bicyclic) bond motifs is 3. The van der Waals surface area contributed by atoms with Gasteiger partial charge in [0.1, 0.15) is 11.5 Å². The fourth-order valence-corrected chi connectivity index (χ4v) is 3.78. The molecule has 0 atom stereocenters. The van der Waals surface area contributed by atoms with E-state index >= 15 is 0 Å². The standard InChI is InChI=1S/C22H18N4O2/c1-13-17-11-14(12-23-21(17)26(2)25-13)24-22(27)20-15-7-3-5-9-18(15)28-19-10-6-4-8-16(19)20/h3-12,20H,1-2H3,(H,24,27). The maximum absolute atomic E-state index is 13.3. The van der Waals surface area contributed by atoms with E-state index in [1.165, 1.54) is 0 Å². The molecule has 0 saturated carbocycles. The molecule has 2 aromatic carbocycles. The third kappa shape index (κ3) is 2.53. The summed E-state index contributed by atoms with van der Waals surface area (Å²) in [4.78, 5) is 17.8. The molecule has 0 fully saturated rings. The second-order valence-electron chi connectivity index (χ2n) is 6.90. The fraction of sp³-hybridized carbons (Fsp3) is 0.136. The number of benzene rings is 2. The Morgan fingerprint density at radius 3 is 2.39 bits per heavy atom. The largest absolute Gasteiger partial charge is 0.457 e. The summed E-state index contributed by atoms with van der Waals surface area (Å²) in [5.74, 6) is 0.841. The molecule has 28 heavy (non-hydrogen) atoms. The van der Waals surface area contributed by atoms with E-state index in [-0.39, 0.29) is 5.91 Å². The van der Waals surface area contributed by atoms with E-state index in [9.17, 15) is 4.79 Å². The molecule has 0 saturated heterocycles. The van der Waals surface area contributed by atoms with Crippen LogP contribution in [0.25, 0.3) is 11.0 Å². The smallest absolute Gasteiger partial charge is 0.236 e. The lowest BCUT2D eigenvalue weighted by atomic mass is 9.87. The van der Waals surface area contributed by atoms with Crippen LogP contribution in [0.2, 0.25) is 0 Å². The van der Waals surface area contributed by atoms with E-state index < -0.39 is 5.92 Å². The van der Waals surface area contributed by atoms with Crippen LogP contribution in [0.1, 0.15) is 22.7 Å². The Labute approximate surface area is 161 Å². The van der Waals surface area contributed by atoms with Crippen LogP contribution in [0.3, 0.4) is 0 Å². The van der Waals surface area contributed by atoms with Crippen LogP contribution in [-0.4, -0.2) is 20.7 Å². The summed E-state index contributed by atoms with van der Waals surface area (Å²) >= 11 is 0. The van der Waals surface area contributed by atoms with Gasteiger partial charge in [0.15, 0.2) is 5.65 Å². The summed E-state index contributed by atoms with van der Waals surface area (Å²) in [6.45, 7) is 1.93. The van der Waals surface area contributed by atoms with Gasteiger partial charge in [0.25, 0.3) is 0 Å². The lowest BCUT2D eigenvalue weighted by Crippen LogP contribution is -2.25. The molecule has 3 heterocycles. The Kier molecular flexibility index (Phi) is 3.65. The van der Waals surface area contributed by atoms with E-state index in [0.717, 1.165) is 27.9 Å². The third-order valence-electron chi connectivity index (χ3n) is 5.07. The van der Waals surface area contributed by atoms with E-state index in [4.69, 9.17) is 4.74 Å². The van der Waals surface area contributed by atoms with Gasteiger partial charge in [-0.25, -0.2) is 4.98 Å². The van der Waals surface area contributed by atoms with Crippen LogP contribution in [0.15, 0.2) is 60.8 Å². The number of hydrogen-bond donors (Lipinski definition) is 1. The molecule has 5 rings (SSSR count). The van der Waals surface area contributed by atoms with Crippen molar-refractivity contribution in [3.8, 4) is 11.5 Å². The molecule has 6 heteroatoms. The summed E-state index contributed by atoms with van der Waals surface area (Å²) in [5, 5.41) is 8.34. The van der Waals surface area contributed by atoms with Crippen molar-refractivity contribution in [1.82, 2.24) is 14.8 Å². The molecular formula is C22H18N4O2. The van der Waals surface area contributed by atoms with Gasteiger partial charge in [-0.05, 0) is 25.1 Å². The normalized spacial score (nSPS) is 12.9. The topological polar surface area (TPSA) is 69.0 Å². The Hall–Kier alpha value is -3.67. The maximum Gasteiger partial charge on any atom is 0.236 e. The first kappa shape index (κ1) is 16.5. The summed E-state index contributed by atoms with van der Waals surface area (Å²) in [7, 11) is 1.86. The number of pyridine rings is 1. The van der Waals surface area contributed by atoms with Gasteiger partial charge in [-0.2, -0.15) is 5.10 Å². The van der Waals surface area contributed by atoms with Crippen LogP contribution >= 0.6 is 0 Å². The minimum Gasteiger partial charge on any atom is -0.457 e. The van der Waals surface area contributed by atoms with Gasteiger partial charge in [0, 0.05) is 23.6 Å². The second kappa shape index (κ2) is 6.20. The molecule has 138 valence electrons. The number of amides is 1. The molecule has 1 aliphatic rings. The van der Waals surface area contributed by atoms with Crippen molar-refractivity contribution in [2.45, 2.75) is 12.8 Å². The van der Waals surface area contributed by atoms with Crippen LogP contribution in [0.4, 0.5) is 5.69 Å². The minimum atomic E-state index is -0.452. The quantitative estimate of drug-likeness (QED) is 0.575. The number of aromatic nitrogens is 3. The minimum absolute atomic E-state index is 0.120. The van der Waals surface area contributed by atoms with E-state index in [1.54, 1.807) is 10.9 Å². The monoisotopic (exact) mass is 370 g/mol. The van der Waals surface area contributed by atoms with Crippen LogP contribution in [0.5, 0.6) is 11.5 Å². The lowest BCUT2D eigenvalue weighted by Gasteiger charge is -2.27. The summed E-state index contributed by atoms with van der Waals surface area (Å²) in [6, 6.07) is 17.2. The average molecular weight is 370 g/mol. The first-order chi connectivity index (χ1) is 13.6. The number of rotatable bonds is 2. The van der Waals surface area contributed by atoms with Crippen molar-refractivity contribution < 1.29 is 9.53 Å². The van der Waals surface area contributed by atoms with Gasteiger partial charge < -0.3 is 10.1 Å². The highest BCUT2D eigenvalue weighted by Gasteiger charge is 2.32.